The molecule has 0 bridgehead atoms. The monoisotopic (exact) mass is 433 g/mol. The number of benzene rings is 2. The van der Waals surface area contributed by atoms with E-state index in [4.69, 9.17) is 11.6 Å². The Hall–Kier alpha value is -2.96. The quantitative estimate of drug-likeness (QED) is 0.512. The molecule has 3 heterocycles. The van der Waals surface area contributed by atoms with Gasteiger partial charge >= 0.3 is 0 Å². The Morgan fingerprint density at radius 3 is 2.48 bits per heavy atom. The van der Waals surface area contributed by atoms with Crippen LogP contribution in [-0.2, 0) is 13.0 Å². The van der Waals surface area contributed by atoms with E-state index in [0.29, 0.717) is 24.1 Å². The summed E-state index contributed by atoms with van der Waals surface area (Å²) < 4.78 is 1.41. The molecule has 0 aliphatic carbocycles. The Morgan fingerprint density at radius 1 is 1.00 bits per heavy atom. The second kappa shape index (κ2) is 8.65. The number of hydrogen-bond donors (Lipinski definition) is 1. The number of fused-ring (bicyclic) bond motifs is 1. The van der Waals surface area contributed by atoms with E-state index in [0.717, 1.165) is 48.6 Å². The molecule has 6 nitrogen and oxygen atoms in total. The van der Waals surface area contributed by atoms with Crippen molar-refractivity contribution in [2.45, 2.75) is 25.8 Å². The van der Waals surface area contributed by atoms with Crippen LogP contribution in [0, 0.1) is 5.92 Å². The first kappa shape index (κ1) is 20.0. The second-order valence-corrected chi connectivity index (χ2v) is 8.65. The maximum atomic E-state index is 12.6. The molecule has 1 aliphatic heterocycles. The molecule has 0 spiro atoms. The Kier molecular flexibility index (Phi) is 5.57. The maximum Gasteiger partial charge on any atom is 0.274 e. The predicted octanol–water partition coefficient (Wildman–Crippen LogP) is 4.19. The molecule has 1 N–H and O–H groups in total. The highest BCUT2D eigenvalue weighted by Crippen LogP contribution is 2.23. The molecule has 0 amide bonds. The Balaban J connectivity index is 1.25. The van der Waals surface area contributed by atoms with Gasteiger partial charge in [0.05, 0.1) is 5.69 Å². The smallest absolute Gasteiger partial charge is 0.274 e. The number of halogens is 1. The number of hydrogen-bond acceptors (Lipinski definition) is 4. The summed E-state index contributed by atoms with van der Waals surface area (Å²) in [6.45, 7) is 2.69. The molecule has 31 heavy (non-hydrogen) atoms. The Morgan fingerprint density at radius 2 is 1.74 bits per heavy atom. The zero-order valence-corrected chi connectivity index (χ0v) is 17.9. The number of rotatable bonds is 5. The molecule has 158 valence electrons. The minimum absolute atomic E-state index is 0.132. The van der Waals surface area contributed by atoms with Crippen LogP contribution in [0.25, 0.3) is 17.2 Å². The van der Waals surface area contributed by atoms with E-state index in [1.165, 1.54) is 10.1 Å². The highest BCUT2D eigenvalue weighted by atomic mass is 35.5. The highest BCUT2D eigenvalue weighted by Gasteiger charge is 2.20. The van der Waals surface area contributed by atoms with Crippen LogP contribution in [0.15, 0.2) is 65.5 Å². The van der Waals surface area contributed by atoms with Gasteiger partial charge < -0.3 is 0 Å². The number of likely N-dealkylation sites (tertiary alicyclic amines) is 1. The number of nitrogens with zero attached hydrogens (tertiary/aromatic N) is 4. The molecule has 0 atom stereocenters. The molecule has 7 heteroatoms. The van der Waals surface area contributed by atoms with Gasteiger partial charge in [-0.15, -0.1) is 0 Å². The molecule has 5 rings (SSSR count). The maximum absolute atomic E-state index is 12.6. The minimum Gasteiger partial charge on any atom is -0.297 e. The molecule has 4 aromatic rings. The molecule has 0 radical (unpaired) electrons. The van der Waals surface area contributed by atoms with Crippen molar-refractivity contribution in [1.82, 2.24) is 24.5 Å². The Bertz CT molecular complexity index is 1220. The number of nitrogens with one attached hydrogen (secondary N) is 1. The summed E-state index contributed by atoms with van der Waals surface area (Å²) in [6, 6.07) is 19.5. The third-order valence-electron chi connectivity index (χ3n) is 5.96. The van der Waals surface area contributed by atoms with Gasteiger partial charge in [-0.3, -0.25) is 14.8 Å². The van der Waals surface area contributed by atoms with Crippen LogP contribution in [0.1, 0.15) is 24.1 Å². The van der Waals surface area contributed by atoms with Crippen LogP contribution in [0.4, 0.5) is 0 Å². The highest BCUT2D eigenvalue weighted by molar-refractivity contribution is 6.30. The van der Waals surface area contributed by atoms with Crippen LogP contribution >= 0.6 is 11.6 Å². The average Bonchev–Trinajstić information content (AvgIpc) is 3.22. The third-order valence-corrected chi connectivity index (χ3v) is 6.21. The molecule has 2 aromatic carbocycles. The van der Waals surface area contributed by atoms with E-state index in [1.807, 2.05) is 42.5 Å². The number of aromatic nitrogens is 4. The summed E-state index contributed by atoms with van der Waals surface area (Å²) in [5.41, 5.74) is 2.91. The van der Waals surface area contributed by atoms with Crippen molar-refractivity contribution >= 4 is 17.4 Å². The largest absolute Gasteiger partial charge is 0.297 e. The van der Waals surface area contributed by atoms with Gasteiger partial charge in [0.1, 0.15) is 0 Å². The molecule has 0 unspecified atom stereocenters. The summed E-state index contributed by atoms with van der Waals surface area (Å²) in [4.78, 5) is 24.1. The first-order chi connectivity index (χ1) is 15.1. The standard InChI is InChI=1S/C24H24ClN5O/c25-20-8-6-17(7-9-20)14-18-10-12-29(13-11-18)16-21-15-22(31)30-24(26-21)27-23(28-30)19-4-2-1-3-5-19/h1-9,15,18H,10-14,16H2,(H,26,27,28). The van der Waals surface area contributed by atoms with E-state index in [9.17, 15) is 4.79 Å². The van der Waals surface area contributed by atoms with Gasteiger partial charge in [-0.05, 0) is 56.0 Å². The molecular weight excluding hydrogens is 410 g/mol. The summed E-state index contributed by atoms with van der Waals surface area (Å²) in [6.07, 6.45) is 3.38. The van der Waals surface area contributed by atoms with Gasteiger partial charge in [-0.25, -0.2) is 4.98 Å². The third kappa shape index (κ3) is 4.55. The summed E-state index contributed by atoms with van der Waals surface area (Å²) in [7, 11) is 0. The Labute approximate surface area is 185 Å². The first-order valence-electron chi connectivity index (χ1n) is 10.6. The number of aromatic amines is 1. The van der Waals surface area contributed by atoms with Crippen molar-refractivity contribution < 1.29 is 0 Å². The summed E-state index contributed by atoms with van der Waals surface area (Å²) in [5, 5.41) is 3.84. The molecule has 1 saturated heterocycles. The topological polar surface area (TPSA) is 66.3 Å². The lowest BCUT2D eigenvalue weighted by molar-refractivity contribution is 0.175. The molecule has 2 aromatic heterocycles. The average molecular weight is 434 g/mol. The number of H-pyrrole nitrogens is 1. The van der Waals surface area contributed by atoms with E-state index < -0.39 is 0 Å². The fraction of sp³-hybridized carbons (Fsp3) is 0.292. The van der Waals surface area contributed by atoms with Crippen molar-refractivity contribution in [1.29, 1.82) is 0 Å². The zero-order valence-electron chi connectivity index (χ0n) is 17.2. The van der Waals surface area contributed by atoms with E-state index >= 15 is 0 Å². The van der Waals surface area contributed by atoms with Crippen molar-refractivity contribution in [3.63, 3.8) is 0 Å². The molecule has 1 fully saturated rings. The summed E-state index contributed by atoms with van der Waals surface area (Å²) in [5.74, 6) is 1.74. The van der Waals surface area contributed by atoms with E-state index in [-0.39, 0.29) is 5.56 Å². The van der Waals surface area contributed by atoms with Crippen LogP contribution in [-0.4, -0.2) is 37.6 Å². The molecule has 0 saturated carbocycles. The normalized spacial score (nSPS) is 15.5. The van der Waals surface area contributed by atoms with Crippen LogP contribution in [0.2, 0.25) is 5.02 Å². The predicted molar refractivity (Wildman–Crippen MR) is 122 cm³/mol. The number of piperidine rings is 1. The first-order valence-corrected chi connectivity index (χ1v) is 11.0. The van der Waals surface area contributed by atoms with Gasteiger partial charge in [0.15, 0.2) is 5.82 Å². The van der Waals surface area contributed by atoms with Crippen molar-refractivity contribution in [2.75, 3.05) is 13.1 Å². The van der Waals surface area contributed by atoms with Crippen LogP contribution in [0.5, 0.6) is 0 Å². The van der Waals surface area contributed by atoms with Gasteiger partial charge in [-0.2, -0.15) is 9.50 Å². The van der Waals surface area contributed by atoms with Crippen molar-refractivity contribution in [3.8, 4) is 11.4 Å². The minimum atomic E-state index is -0.132. The fourth-order valence-electron chi connectivity index (χ4n) is 4.27. The zero-order chi connectivity index (χ0) is 21.2. The van der Waals surface area contributed by atoms with Crippen molar-refractivity contribution in [2.24, 2.45) is 5.92 Å². The SMILES string of the molecule is O=c1cc(CN2CCC(Cc3ccc(Cl)cc3)CC2)nc2nc(-c3ccccc3)[nH]n12. The lowest BCUT2D eigenvalue weighted by atomic mass is 9.90. The lowest BCUT2D eigenvalue weighted by Gasteiger charge is -2.31. The fourth-order valence-corrected chi connectivity index (χ4v) is 4.39. The van der Waals surface area contributed by atoms with Gasteiger partial charge in [0, 0.05) is 23.2 Å². The molecule has 1 aliphatic rings. The van der Waals surface area contributed by atoms with Crippen LogP contribution in [0.3, 0.4) is 0 Å². The van der Waals surface area contributed by atoms with E-state index in [2.05, 4.69) is 32.1 Å². The van der Waals surface area contributed by atoms with Crippen molar-refractivity contribution in [3.05, 3.63) is 87.3 Å². The van der Waals surface area contributed by atoms with Crippen LogP contribution < -0.4 is 5.56 Å². The second-order valence-electron chi connectivity index (χ2n) is 8.21. The molecular formula is C24H24ClN5O. The van der Waals surface area contributed by atoms with Gasteiger partial charge in [-0.1, -0.05) is 54.1 Å². The summed E-state index contributed by atoms with van der Waals surface area (Å²) >= 11 is 5.99. The van der Waals surface area contributed by atoms with E-state index in [1.54, 1.807) is 6.07 Å². The lowest BCUT2D eigenvalue weighted by Crippen LogP contribution is -2.34. The van der Waals surface area contributed by atoms with Gasteiger partial charge in [0.25, 0.3) is 11.3 Å². The van der Waals surface area contributed by atoms with Gasteiger partial charge in [0.2, 0.25) is 0 Å².